The third kappa shape index (κ3) is 4.38. The topological polar surface area (TPSA) is 87.5 Å². The first kappa shape index (κ1) is 14.6. The molecule has 2 rings (SSSR count). The van der Waals surface area contributed by atoms with Gasteiger partial charge < -0.3 is 20.3 Å². The number of ether oxygens (including phenoxy) is 1. The molecular formula is C12H21N3O3S. The van der Waals surface area contributed by atoms with E-state index in [1.165, 1.54) is 12.6 Å². The van der Waals surface area contributed by atoms with Crippen molar-refractivity contribution in [3.05, 3.63) is 6.20 Å². The smallest absolute Gasteiger partial charge is 0.245 e. The van der Waals surface area contributed by atoms with Crippen molar-refractivity contribution < 1.29 is 14.9 Å². The van der Waals surface area contributed by atoms with E-state index in [1.54, 1.807) is 0 Å². The zero-order valence-electron chi connectivity index (χ0n) is 10.9. The maximum atomic E-state index is 9.87. The standard InChI is InChI=1S/C12H21N3O3S/c16-9-12(4-2-1-3-5-12)13-6-10(17)8-18-11-7-14-19-15-11/h7,10,13,16-17H,1-6,8-9H2. The maximum Gasteiger partial charge on any atom is 0.245 e. The lowest BCUT2D eigenvalue weighted by Crippen LogP contribution is -2.52. The Hall–Kier alpha value is -0.760. The van der Waals surface area contributed by atoms with Crippen LogP contribution in [0.5, 0.6) is 5.88 Å². The van der Waals surface area contributed by atoms with E-state index in [2.05, 4.69) is 14.1 Å². The Kier molecular flexibility index (Phi) is 5.50. The van der Waals surface area contributed by atoms with E-state index in [1.807, 2.05) is 0 Å². The lowest BCUT2D eigenvalue weighted by Gasteiger charge is -2.37. The summed E-state index contributed by atoms with van der Waals surface area (Å²) in [5.74, 6) is 0.443. The van der Waals surface area contributed by atoms with Crippen molar-refractivity contribution in [1.82, 2.24) is 14.1 Å². The third-order valence-electron chi connectivity index (χ3n) is 3.59. The van der Waals surface area contributed by atoms with Crippen molar-refractivity contribution in [1.29, 1.82) is 0 Å². The van der Waals surface area contributed by atoms with E-state index in [0.717, 1.165) is 37.4 Å². The highest BCUT2D eigenvalue weighted by molar-refractivity contribution is 6.99. The molecule has 0 aromatic carbocycles. The zero-order chi connectivity index (χ0) is 13.6. The molecule has 0 aliphatic heterocycles. The van der Waals surface area contributed by atoms with Gasteiger partial charge >= 0.3 is 0 Å². The molecule has 0 bridgehead atoms. The van der Waals surface area contributed by atoms with Crippen LogP contribution in [0.4, 0.5) is 0 Å². The molecule has 1 atom stereocenters. The minimum absolute atomic E-state index is 0.122. The Bertz CT molecular complexity index is 355. The highest BCUT2D eigenvalue weighted by Crippen LogP contribution is 2.27. The SMILES string of the molecule is OCC1(NCC(O)COc2cnsn2)CCCCC1. The van der Waals surface area contributed by atoms with Gasteiger partial charge in [0, 0.05) is 12.1 Å². The Morgan fingerprint density at radius 1 is 1.42 bits per heavy atom. The summed E-state index contributed by atoms with van der Waals surface area (Å²) < 4.78 is 13.0. The second-order valence-corrected chi connectivity index (χ2v) is 5.65. The Morgan fingerprint density at radius 2 is 2.21 bits per heavy atom. The van der Waals surface area contributed by atoms with Crippen LogP contribution in [0.3, 0.4) is 0 Å². The van der Waals surface area contributed by atoms with Gasteiger partial charge in [-0.25, -0.2) is 0 Å². The molecule has 0 radical (unpaired) electrons. The molecule has 19 heavy (non-hydrogen) atoms. The summed E-state index contributed by atoms with van der Waals surface area (Å²) in [4.78, 5) is 0. The molecule has 1 fully saturated rings. The van der Waals surface area contributed by atoms with Crippen LogP contribution in [0.25, 0.3) is 0 Å². The van der Waals surface area contributed by atoms with Crippen molar-refractivity contribution in [2.24, 2.45) is 0 Å². The molecule has 1 saturated carbocycles. The van der Waals surface area contributed by atoms with Crippen molar-refractivity contribution in [2.75, 3.05) is 19.8 Å². The Balaban J connectivity index is 1.71. The van der Waals surface area contributed by atoms with Crippen LogP contribution in [0.2, 0.25) is 0 Å². The van der Waals surface area contributed by atoms with E-state index in [0.29, 0.717) is 12.4 Å². The molecule has 3 N–H and O–H groups in total. The second-order valence-electron chi connectivity index (χ2n) is 5.09. The van der Waals surface area contributed by atoms with Crippen LogP contribution in [0.15, 0.2) is 6.20 Å². The monoisotopic (exact) mass is 287 g/mol. The summed E-state index contributed by atoms with van der Waals surface area (Å²) >= 11 is 1.07. The fourth-order valence-electron chi connectivity index (χ4n) is 2.41. The van der Waals surface area contributed by atoms with Gasteiger partial charge in [-0.15, -0.1) is 4.37 Å². The molecule has 108 valence electrons. The van der Waals surface area contributed by atoms with Gasteiger partial charge in [0.1, 0.15) is 18.9 Å². The van der Waals surface area contributed by atoms with Crippen LogP contribution < -0.4 is 10.1 Å². The summed E-state index contributed by atoms with van der Waals surface area (Å²) in [5.41, 5.74) is -0.221. The molecule has 7 heteroatoms. The fraction of sp³-hybridized carbons (Fsp3) is 0.833. The zero-order valence-corrected chi connectivity index (χ0v) is 11.7. The van der Waals surface area contributed by atoms with Gasteiger partial charge in [0.2, 0.25) is 5.88 Å². The highest BCUT2D eigenvalue weighted by atomic mass is 32.1. The van der Waals surface area contributed by atoms with Crippen molar-refractivity contribution in [3.63, 3.8) is 0 Å². The average molecular weight is 287 g/mol. The van der Waals surface area contributed by atoms with E-state index in [4.69, 9.17) is 4.74 Å². The fourth-order valence-corrected chi connectivity index (χ4v) is 2.78. The minimum atomic E-state index is -0.618. The molecule has 1 aliphatic carbocycles. The van der Waals surface area contributed by atoms with Gasteiger partial charge in [0.15, 0.2) is 0 Å². The van der Waals surface area contributed by atoms with Crippen molar-refractivity contribution >= 4 is 11.7 Å². The van der Waals surface area contributed by atoms with Crippen LogP contribution in [0, 0.1) is 0 Å². The van der Waals surface area contributed by atoms with Gasteiger partial charge in [-0.05, 0) is 12.8 Å². The van der Waals surface area contributed by atoms with Crippen molar-refractivity contribution in [2.45, 2.75) is 43.7 Å². The number of hydrogen-bond donors (Lipinski definition) is 3. The molecule has 1 aromatic rings. The summed E-state index contributed by atoms with van der Waals surface area (Å²) in [6.45, 7) is 0.717. The van der Waals surface area contributed by atoms with Gasteiger partial charge in [-0.3, -0.25) is 0 Å². The normalized spacial score (nSPS) is 20.1. The predicted octanol–water partition coefficient (Wildman–Crippen LogP) is 0.563. The molecule has 0 spiro atoms. The first-order valence-corrected chi connectivity index (χ1v) is 7.41. The quantitative estimate of drug-likeness (QED) is 0.679. The molecule has 1 aliphatic rings. The van der Waals surface area contributed by atoms with Gasteiger partial charge in [0.05, 0.1) is 18.3 Å². The number of aliphatic hydroxyl groups is 2. The summed E-state index contributed by atoms with van der Waals surface area (Å²) in [5, 5.41) is 22.7. The molecule has 0 amide bonds. The summed E-state index contributed by atoms with van der Waals surface area (Å²) in [6.07, 6.45) is 6.33. The van der Waals surface area contributed by atoms with Gasteiger partial charge in [0.25, 0.3) is 0 Å². The summed E-state index contributed by atoms with van der Waals surface area (Å²) in [7, 11) is 0. The van der Waals surface area contributed by atoms with E-state index < -0.39 is 6.10 Å². The molecule has 1 unspecified atom stereocenters. The van der Waals surface area contributed by atoms with Crippen LogP contribution >= 0.6 is 11.7 Å². The number of rotatable bonds is 7. The molecule has 1 aromatic heterocycles. The third-order valence-corrected chi connectivity index (χ3v) is 4.05. The van der Waals surface area contributed by atoms with Crippen LogP contribution in [0.1, 0.15) is 32.1 Å². The number of hydrogen-bond acceptors (Lipinski definition) is 7. The largest absolute Gasteiger partial charge is 0.473 e. The minimum Gasteiger partial charge on any atom is -0.473 e. The van der Waals surface area contributed by atoms with Gasteiger partial charge in [-0.2, -0.15) is 4.37 Å². The van der Waals surface area contributed by atoms with Crippen molar-refractivity contribution in [3.8, 4) is 5.88 Å². The predicted molar refractivity (Wildman–Crippen MR) is 72.3 cm³/mol. The molecule has 1 heterocycles. The number of aliphatic hydroxyl groups excluding tert-OH is 2. The van der Waals surface area contributed by atoms with E-state index >= 15 is 0 Å². The number of nitrogens with one attached hydrogen (secondary N) is 1. The molecule has 6 nitrogen and oxygen atoms in total. The second kappa shape index (κ2) is 7.14. The number of aromatic nitrogens is 2. The Labute approximate surface area is 117 Å². The first-order valence-electron chi connectivity index (χ1n) is 6.68. The average Bonchev–Trinajstić information content (AvgIpc) is 2.97. The van der Waals surface area contributed by atoms with Crippen LogP contribution in [-0.4, -0.2) is 50.4 Å². The number of nitrogens with zero attached hydrogens (tertiary/aromatic N) is 2. The first-order chi connectivity index (χ1) is 9.24. The lowest BCUT2D eigenvalue weighted by atomic mass is 9.82. The van der Waals surface area contributed by atoms with Crippen LogP contribution in [-0.2, 0) is 0 Å². The molecule has 0 saturated heterocycles. The van der Waals surface area contributed by atoms with E-state index in [9.17, 15) is 10.2 Å². The molecular weight excluding hydrogens is 266 g/mol. The lowest BCUT2D eigenvalue weighted by molar-refractivity contribution is 0.0702. The van der Waals surface area contributed by atoms with E-state index in [-0.39, 0.29) is 18.8 Å². The van der Waals surface area contributed by atoms with Gasteiger partial charge in [-0.1, -0.05) is 19.3 Å². The highest BCUT2D eigenvalue weighted by Gasteiger charge is 2.31. The Morgan fingerprint density at radius 3 is 2.84 bits per heavy atom. The number of β-amino-alcohol motifs (C(OH)–C–C–N with tert-alkyl or cyclic N) is 1. The summed E-state index contributed by atoms with van der Waals surface area (Å²) in [6, 6.07) is 0. The maximum absolute atomic E-state index is 9.87.